The molecule has 0 N–H and O–H groups in total. The number of halogens is 16. The molecule has 5 aromatic carbocycles. The minimum Gasteiger partial charge on any atom is -0.203 e. The highest BCUT2D eigenvalue weighted by Gasteiger charge is 2.34. The number of hydrogen-bond donors (Lipinski definition) is 0. The molecule has 0 aliphatic carbocycles. The van der Waals surface area contributed by atoms with Crippen LogP contribution in [0.25, 0.3) is 46.6 Å². The second-order valence-corrected chi connectivity index (χ2v) is 10.5. The van der Waals surface area contributed by atoms with Gasteiger partial charge in [0.15, 0.2) is 93.1 Å². The van der Waals surface area contributed by atoms with Crippen molar-refractivity contribution in [3.8, 4) is 22.3 Å². The summed E-state index contributed by atoms with van der Waals surface area (Å²) in [5.74, 6) is -37.5. The fourth-order valence-electron chi connectivity index (χ4n) is 4.92. The first kappa shape index (κ1) is 36.7. The van der Waals surface area contributed by atoms with E-state index in [1.807, 2.05) is 0 Å². The summed E-state index contributed by atoms with van der Waals surface area (Å²) in [6.45, 7) is 0.631. The van der Waals surface area contributed by atoms with Crippen molar-refractivity contribution in [2.45, 2.75) is 6.92 Å². The molecular formula is C35H12F16. The maximum Gasteiger partial charge on any atom is 0.170 e. The third-order valence-electron chi connectivity index (χ3n) is 7.55. The van der Waals surface area contributed by atoms with Crippen LogP contribution in [0.3, 0.4) is 0 Å². The van der Waals surface area contributed by atoms with Crippen molar-refractivity contribution in [1.82, 2.24) is 0 Å². The van der Waals surface area contributed by atoms with Crippen LogP contribution in [0.4, 0.5) is 70.2 Å². The summed E-state index contributed by atoms with van der Waals surface area (Å²) in [4.78, 5) is 0. The normalized spacial score (nSPS) is 11.9. The predicted molar refractivity (Wildman–Crippen MR) is 152 cm³/mol. The first-order chi connectivity index (χ1) is 23.9. The summed E-state index contributed by atoms with van der Waals surface area (Å²) in [6, 6.07) is 6.11. The Labute approximate surface area is 275 Å². The minimum atomic E-state index is -2.74. The molecule has 0 saturated carbocycles. The Morgan fingerprint density at radius 1 is 0.294 bits per heavy atom. The Balaban J connectivity index is 1.61. The first-order valence-electron chi connectivity index (χ1n) is 13.8. The second kappa shape index (κ2) is 13.6. The van der Waals surface area contributed by atoms with Crippen LogP contribution in [-0.4, -0.2) is 0 Å². The third-order valence-corrected chi connectivity index (χ3v) is 7.55. The Morgan fingerprint density at radius 3 is 0.804 bits per heavy atom. The Morgan fingerprint density at radius 2 is 0.529 bits per heavy atom. The van der Waals surface area contributed by atoms with Gasteiger partial charge in [-0.05, 0) is 36.8 Å². The van der Waals surface area contributed by atoms with Crippen LogP contribution >= 0.6 is 0 Å². The van der Waals surface area contributed by atoms with Gasteiger partial charge in [0.2, 0.25) is 0 Å². The highest BCUT2D eigenvalue weighted by molar-refractivity contribution is 5.78. The van der Waals surface area contributed by atoms with E-state index in [0.29, 0.717) is 6.92 Å². The lowest BCUT2D eigenvalue weighted by Crippen LogP contribution is -2.09. The smallest absolute Gasteiger partial charge is 0.170 e. The number of benzene rings is 5. The molecule has 264 valence electrons. The van der Waals surface area contributed by atoms with Crippen molar-refractivity contribution >= 4 is 24.3 Å². The molecule has 0 fully saturated rings. The molecule has 0 amide bonds. The topological polar surface area (TPSA) is 0 Å². The zero-order valence-corrected chi connectivity index (χ0v) is 24.7. The van der Waals surface area contributed by atoms with Crippen molar-refractivity contribution in [3.05, 3.63) is 151 Å². The average Bonchev–Trinajstić information content (AvgIpc) is 3.11. The molecule has 0 aliphatic heterocycles. The van der Waals surface area contributed by atoms with Crippen LogP contribution in [0.1, 0.15) is 27.8 Å². The van der Waals surface area contributed by atoms with Gasteiger partial charge in [-0.2, -0.15) is 0 Å². The summed E-state index contributed by atoms with van der Waals surface area (Å²) in [6.07, 6.45) is -0.310. The van der Waals surface area contributed by atoms with Gasteiger partial charge in [0.05, 0.1) is 38.9 Å². The highest BCUT2D eigenvalue weighted by Crippen LogP contribution is 2.40. The molecule has 0 bridgehead atoms. The van der Waals surface area contributed by atoms with E-state index < -0.39 is 138 Å². The lowest BCUT2D eigenvalue weighted by atomic mass is 9.96. The van der Waals surface area contributed by atoms with Crippen LogP contribution in [0.5, 0.6) is 0 Å². The maximum atomic E-state index is 15.1. The van der Waals surface area contributed by atoms with Gasteiger partial charge in [0.25, 0.3) is 0 Å². The van der Waals surface area contributed by atoms with Crippen LogP contribution < -0.4 is 0 Å². The fraction of sp³-hybridized carbons (Fsp3) is 0.0286. The van der Waals surface area contributed by atoms with Gasteiger partial charge in [-0.1, -0.05) is 30.3 Å². The van der Waals surface area contributed by atoms with Gasteiger partial charge in [0, 0.05) is 5.56 Å². The molecule has 51 heavy (non-hydrogen) atoms. The van der Waals surface area contributed by atoms with Crippen LogP contribution in [0, 0.1) is 100.0 Å². The van der Waals surface area contributed by atoms with E-state index in [1.165, 1.54) is 18.2 Å². The molecular weight excluding hydrogens is 724 g/mol. The Bertz CT molecular complexity index is 2210. The van der Waals surface area contributed by atoms with Crippen LogP contribution in [-0.2, 0) is 0 Å². The summed E-state index contributed by atoms with van der Waals surface area (Å²) < 4.78 is 235. The molecule has 0 unspecified atom stereocenters. The molecule has 0 heterocycles. The summed E-state index contributed by atoms with van der Waals surface area (Å²) in [5, 5.41) is 0. The zero-order chi connectivity index (χ0) is 37.8. The van der Waals surface area contributed by atoms with E-state index in [-0.39, 0.29) is 29.9 Å². The van der Waals surface area contributed by atoms with E-state index in [2.05, 4.69) is 0 Å². The minimum absolute atomic E-state index is 0.0370. The standard InChI is InChI=1S/C35H12F16/c1-11-20(36)22(38)13(23(39)21(11)37)7-8-15-26(42)32(48)18(33(49)27(15)43)19-34(50)28(44)16(29(45)35(19)51)10-9-14-24(40)30(46)17(31(47)25(14)41)12-5-3-2-4-6-12/h2-10H,1H3/b8-7+,10-9+. The maximum absolute atomic E-state index is 15.1. The molecule has 0 radical (unpaired) electrons. The molecule has 0 nitrogen and oxygen atoms in total. The summed E-state index contributed by atoms with van der Waals surface area (Å²) >= 11 is 0. The van der Waals surface area contributed by atoms with Gasteiger partial charge < -0.3 is 0 Å². The molecule has 0 spiro atoms. The van der Waals surface area contributed by atoms with E-state index in [1.54, 1.807) is 0 Å². The van der Waals surface area contributed by atoms with Crippen molar-refractivity contribution in [1.29, 1.82) is 0 Å². The zero-order valence-electron chi connectivity index (χ0n) is 24.7. The Kier molecular flexibility index (Phi) is 9.83. The summed E-state index contributed by atoms with van der Waals surface area (Å²) in [7, 11) is 0. The molecule has 16 heteroatoms. The van der Waals surface area contributed by atoms with E-state index >= 15 is 26.3 Å². The van der Waals surface area contributed by atoms with E-state index in [9.17, 15) is 43.9 Å². The molecule has 5 aromatic rings. The van der Waals surface area contributed by atoms with Crippen LogP contribution in [0.15, 0.2) is 30.3 Å². The van der Waals surface area contributed by atoms with E-state index in [0.717, 1.165) is 12.1 Å². The SMILES string of the molecule is Cc1c(F)c(F)c(/C=C/c2c(F)c(F)c(-c3c(F)c(F)c(/C=C/c4c(F)c(F)c(-c5ccccc5)c(F)c4F)c(F)c3F)c(F)c2F)c(F)c1F. The van der Waals surface area contributed by atoms with Crippen molar-refractivity contribution in [3.63, 3.8) is 0 Å². The number of rotatable bonds is 6. The quantitative estimate of drug-likeness (QED) is 0.0925. The second-order valence-electron chi connectivity index (χ2n) is 10.5. The van der Waals surface area contributed by atoms with Gasteiger partial charge in [-0.15, -0.1) is 0 Å². The van der Waals surface area contributed by atoms with Crippen molar-refractivity contribution < 1.29 is 70.2 Å². The molecule has 5 rings (SSSR count). The van der Waals surface area contributed by atoms with Crippen LogP contribution in [0.2, 0.25) is 0 Å². The monoisotopic (exact) mass is 736 g/mol. The fourth-order valence-corrected chi connectivity index (χ4v) is 4.92. The lowest BCUT2D eigenvalue weighted by molar-refractivity contribution is 0.439. The summed E-state index contributed by atoms with van der Waals surface area (Å²) in [5.41, 5.74) is -14.4. The first-order valence-corrected chi connectivity index (χ1v) is 13.8. The Hall–Kier alpha value is -5.54. The highest BCUT2D eigenvalue weighted by atomic mass is 19.2. The molecule has 0 atom stereocenters. The molecule has 0 aromatic heterocycles. The lowest BCUT2D eigenvalue weighted by Gasteiger charge is -2.14. The average molecular weight is 736 g/mol. The van der Waals surface area contributed by atoms with Crippen molar-refractivity contribution in [2.75, 3.05) is 0 Å². The van der Waals surface area contributed by atoms with E-state index in [4.69, 9.17) is 0 Å². The molecule has 0 saturated heterocycles. The number of hydrogen-bond acceptors (Lipinski definition) is 0. The van der Waals surface area contributed by atoms with Crippen molar-refractivity contribution in [2.24, 2.45) is 0 Å². The van der Waals surface area contributed by atoms with Gasteiger partial charge in [-0.3, -0.25) is 0 Å². The largest absolute Gasteiger partial charge is 0.203 e. The third kappa shape index (κ3) is 5.91. The van der Waals surface area contributed by atoms with Gasteiger partial charge in [-0.25, -0.2) is 70.2 Å². The van der Waals surface area contributed by atoms with Gasteiger partial charge in [0.1, 0.15) is 0 Å². The molecule has 0 aliphatic rings. The predicted octanol–water partition coefficient (Wildman–Crippen LogP) is 11.9. The van der Waals surface area contributed by atoms with Gasteiger partial charge >= 0.3 is 0 Å².